The Morgan fingerprint density at radius 1 is 1.28 bits per heavy atom. The summed E-state index contributed by atoms with van der Waals surface area (Å²) in [6.45, 7) is 8.02. The van der Waals surface area contributed by atoms with Crippen molar-refractivity contribution in [3.05, 3.63) is 28.2 Å². The van der Waals surface area contributed by atoms with E-state index in [4.69, 9.17) is 0 Å². The number of rotatable bonds is 3. The third-order valence-electron chi connectivity index (χ3n) is 3.87. The zero-order valence-electron chi connectivity index (χ0n) is 11.6. The molecule has 1 fully saturated rings. The van der Waals surface area contributed by atoms with Gasteiger partial charge < -0.3 is 10.2 Å². The second kappa shape index (κ2) is 5.62. The molecule has 0 aromatic heterocycles. The van der Waals surface area contributed by atoms with E-state index in [1.165, 1.54) is 37.2 Å². The Hall–Kier alpha value is -0.540. The van der Waals surface area contributed by atoms with Gasteiger partial charge >= 0.3 is 0 Å². The Morgan fingerprint density at radius 2 is 1.94 bits per heavy atom. The second-order valence-corrected chi connectivity index (χ2v) is 6.87. The van der Waals surface area contributed by atoms with E-state index >= 15 is 0 Å². The molecule has 0 saturated carbocycles. The molecule has 1 saturated heterocycles. The lowest BCUT2D eigenvalue weighted by atomic mass is 9.82. The SMILES string of the molecule is CNCc1cc(Br)ccc1N1CCC(C)(C)CC1. The Bertz CT molecular complexity index is 405. The first-order valence-electron chi connectivity index (χ1n) is 6.70. The average molecular weight is 311 g/mol. The van der Waals surface area contributed by atoms with Crippen molar-refractivity contribution in [1.82, 2.24) is 5.32 Å². The first kappa shape index (κ1) is 13.9. The van der Waals surface area contributed by atoms with E-state index < -0.39 is 0 Å². The second-order valence-electron chi connectivity index (χ2n) is 5.95. The Morgan fingerprint density at radius 3 is 2.56 bits per heavy atom. The molecule has 1 N–H and O–H groups in total. The number of hydrogen-bond donors (Lipinski definition) is 1. The van der Waals surface area contributed by atoms with Crippen molar-refractivity contribution < 1.29 is 0 Å². The number of nitrogens with zero attached hydrogens (tertiary/aromatic N) is 1. The zero-order chi connectivity index (χ0) is 13.2. The van der Waals surface area contributed by atoms with Gasteiger partial charge in [0.15, 0.2) is 0 Å². The summed E-state index contributed by atoms with van der Waals surface area (Å²) in [5.41, 5.74) is 3.28. The van der Waals surface area contributed by atoms with Crippen molar-refractivity contribution in [2.24, 2.45) is 5.41 Å². The summed E-state index contributed by atoms with van der Waals surface area (Å²) >= 11 is 3.56. The van der Waals surface area contributed by atoms with Crippen molar-refractivity contribution in [2.45, 2.75) is 33.2 Å². The van der Waals surface area contributed by atoms with Gasteiger partial charge in [-0.2, -0.15) is 0 Å². The summed E-state index contributed by atoms with van der Waals surface area (Å²) in [5.74, 6) is 0. The third kappa shape index (κ3) is 3.27. The average Bonchev–Trinajstić information content (AvgIpc) is 2.31. The smallest absolute Gasteiger partial charge is 0.0412 e. The maximum Gasteiger partial charge on any atom is 0.0412 e. The van der Waals surface area contributed by atoms with Gasteiger partial charge in [-0.15, -0.1) is 0 Å². The summed E-state index contributed by atoms with van der Waals surface area (Å²) in [6.07, 6.45) is 2.56. The molecule has 1 aromatic carbocycles. The van der Waals surface area contributed by atoms with E-state index in [2.05, 4.69) is 58.2 Å². The number of halogens is 1. The lowest BCUT2D eigenvalue weighted by Gasteiger charge is -2.39. The molecule has 0 amide bonds. The van der Waals surface area contributed by atoms with Crippen LogP contribution in [-0.4, -0.2) is 20.1 Å². The van der Waals surface area contributed by atoms with Crippen molar-refractivity contribution in [3.8, 4) is 0 Å². The van der Waals surface area contributed by atoms with Gasteiger partial charge in [0.2, 0.25) is 0 Å². The van der Waals surface area contributed by atoms with E-state index in [0.717, 1.165) is 11.0 Å². The molecule has 0 unspecified atom stereocenters. The molecule has 1 heterocycles. The van der Waals surface area contributed by atoms with Crippen LogP contribution in [0.4, 0.5) is 5.69 Å². The summed E-state index contributed by atoms with van der Waals surface area (Å²) in [4.78, 5) is 2.53. The summed E-state index contributed by atoms with van der Waals surface area (Å²) < 4.78 is 1.16. The van der Waals surface area contributed by atoms with E-state index in [0.29, 0.717) is 5.41 Å². The van der Waals surface area contributed by atoms with Crippen LogP contribution in [0.25, 0.3) is 0 Å². The number of piperidine rings is 1. The van der Waals surface area contributed by atoms with Crippen LogP contribution in [0.15, 0.2) is 22.7 Å². The van der Waals surface area contributed by atoms with Crippen LogP contribution >= 0.6 is 15.9 Å². The number of anilines is 1. The minimum atomic E-state index is 0.509. The van der Waals surface area contributed by atoms with Crippen molar-refractivity contribution in [2.75, 3.05) is 25.0 Å². The lowest BCUT2D eigenvalue weighted by molar-refractivity contribution is 0.279. The summed E-state index contributed by atoms with van der Waals surface area (Å²) in [6, 6.07) is 6.62. The minimum absolute atomic E-state index is 0.509. The van der Waals surface area contributed by atoms with Crippen LogP contribution in [-0.2, 0) is 6.54 Å². The van der Waals surface area contributed by atoms with Crippen molar-refractivity contribution >= 4 is 21.6 Å². The number of nitrogens with one attached hydrogen (secondary N) is 1. The van der Waals surface area contributed by atoms with Gasteiger partial charge in [0, 0.05) is 29.8 Å². The van der Waals surface area contributed by atoms with Crippen LogP contribution in [0, 0.1) is 5.41 Å². The maximum absolute atomic E-state index is 3.56. The van der Waals surface area contributed by atoms with Crippen LogP contribution in [0.5, 0.6) is 0 Å². The quantitative estimate of drug-likeness (QED) is 0.913. The standard InChI is InChI=1S/C15H23BrN2/c1-15(2)6-8-18(9-7-15)14-5-4-13(16)10-12(14)11-17-3/h4-5,10,17H,6-9,11H2,1-3H3. The predicted molar refractivity (Wildman–Crippen MR) is 82.1 cm³/mol. The first-order valence-corrected chi connectivity index (χ1v) is 7.49. The highest BCUT2D eigenvalue weighted by Crippen LogP contribution is 2.34. The molecular formula is C15H23BrN2. The third-order valence-corrected chi connectivity index (χ3v) is 4.36. The monoisotopic (exact) mass is 310 g/mol. The highest BCUT2D eigenvalue weighted by atomic mass is 79.9. The lowest BCUT2D eigenvalue weighted by Crippen LogP contribution is -2.38. The van der Waals surface area contributed by atoms with E-state index in [-0.39, 0.29) is 0 Å². The number of benzene rings is 1. The molecule has 18 heavy (non-hydrogen) atoms. The predicted octanol–water partition coefficient (Wildman–Crippen LogP) is 3.79. The molecule has 0 spiro atoms. The van der Waals surface area contributed by atoms with E-state index in [9.17, 15) is 0 Å². The number of hydrogen-bond acceptors (Lipinski definition) is 2. The van der Waals surface area contributed by atoms with Crippen LogP contribution < -0.4 is 10.2 Å². The highest BCUT2D eigenvalue weighted by Gasteiger charge is 2.26. The Labute approximate surface area is 119 Å². The highest BCUT2D eigenvalue weighted by molar-refractivity contribution is 9.10. The molecule has 1 aliphatic rings. The maximum atomic E-state index is 3.56. The topological polar surface area (TPSA) is 15.3 Å². The molecule has 0 atom stereocenters. The fourth-order valence-electron chi connectivity index (χ4n) is 2.55. The summed E-state index contributed by atoms with van der Waals surface area (Å²) in [5, 5.41) is 3.26. The molecule has 2 rings (SSSR count). The van der Waals surface area contributed by atoms with Gasteiger partial charge in [0.25, 0.3) is 0 Å². The van der Waals surface area contributed by atoms with Crippen LogP contribution in [0.2, 0.25) is 0 Å². The van der Waals surface area contributed by atoms with Gasteiger partial charge in [0.05, 0.1) is 0 Å². The van der Waals surface area contributed by atoms with E-state index in [1.807, 2.05) is 7.05 Å². The fraction of sp³-hybridized carbons (Fsp3) is 0.600. The first-order chi connectivity index (χ1) is 8.52. The fourth-order valence-corrected chi connectivity index (χ4v) is 2.96. The molecule has 3 heteroatoms. The molecular weight excluding hydrogens is 288 g/mol. The van der Waals surface area contributed by atoms with E-state index in [1.54, 1.807) is 0 Å². The van der Waals surface area contributed by atoms with Crippen LogP contribution in [0.3, 0.4) is 0 Å². The summed E-state index contributed by atoms with van der Waals surface area (Å²) in [7, 11) is 2.00. The van der Waals surface area contributed by atoms with Gasteiger partial charge in [-0.3, -0.25) is 0 Å². The van der Waals surface area contributed by atoms with Gasteiger partial charge in [-0.05, 0) is 49.1 Å². The normalized spacial score (nSPS) is 19.0. The van der Waals surface area contributed by atoms with Gasteiger partial charge in [-0.25, -0.2) is 0 Å². The molecule has 0 bridgehead atoms. The molecule has 100 valence electrons. The zero-order valence-corrected chi connectivity index (χ0v) is 13.2. The Kier molecular flexibility index (Phi) is 4.33. The largest absolute Gasteiger partial charge is 0.371 e. The Balaban J connectivity index is 2.18. The van der Waals surface area contributed by atoms with Crippen molar-refractivity contribution in [1.29, 1.82) is 0 Å². The molecule has 1 aromatic rings. The minimum Gasteiger partial charge on any atom is -0.371 e. The van der Waals surface area contributed by atoms with Gasteiger partial charge in [-0.1, -0.05) is 29.8 Å². The molecule has 0 aliphatic carbocycles. The van der Waals surface area contributed by atoms with Gasteiger partial charge in [0.1, 0.15) is 0 Å². The van der Waals surface area contributed by atoms with Crippen LogP contribution in [0.1, 0.15) is 32.3 Å². The molecule has 0 radical (unpaired) electrons. The molecule has 1 aliphatic heterocycles. The van der Waals surface area contributed by atoms with Crippen molar-refractivity contribution in [3.63, 3.8) is 0 Å². The molecule has 2 nitrogen and oxygen atoms in total.